The molecule has 0 spiro atoms. The maximum Gasteiger partial charge on any atom is 0.323 e. The summed E-state index contributed by atoms with van der Waals surface area (Å²) in [5.74, 6) is 1.18. The van der Waals surface area contributed by atoms with Gasteiger partial charge in [-0.25, -0.2) is 4.79 Å². The Morgan fingerprint density at radius 3 is 2.65 bits per heavy atom. The van der Waals surface area contributed by atoms with Crippen LogP contribution in [0.3, 0.4) is 0 Å². The second-order valence-electron chi connectivity index (χ2n) is 4.79. The number of nitrogens with zero attached hydrogens (tertiary/aromatic N) is 2. The summed E-state index contributed by atoms with van der Waals surface area (Å²) in [4.78, 5) is 14.0. The molecule has 2 heterocycles. The summed E-state index contributed by atoms with van der Waals surface area (Å²) in [5.41, 5.74) is 0. The average molecular weight is 237 g/mol. The molecule has 1 aromatic heterocycles. The molecule has 1 N–H and O–H groups in total. The Balaban J connectivity index is 2.03. The van der Waals surface area contributed by atoms with Crippen LogP contribution in [0.5, 0.6) is 0 Å². The number of carbonyl (C=O) groups is 1. The fraction of sp³-hybridized carbons (Fsp3) is 0.667. The number of hydrogen-bond donors (Lipinski definition) is 1. The van der Waals surface area contributed by atoms with Gasteiger partial charge < -0.3 is 9.42 Å². The van der Waals surface area contributed by atoms with E-state index in [9.17, 15) is 4.79 Å². The molecule has 0 aromatic carbocycles. The van der Waals surface area contributed by atoms with E-state index in [0.29, 0.717) is 11.6 Å². The summed E-state index contributed by atoms with van der Waals surface area (Å²) >= 11 is 0. The van der Waals surface area contributed by atoms with Crippen molar-refractivity contribution >= 4 is 11.8 Å². The van der Waals surface area contributed by atoms with Crippen molar-refractivity contribution in [2.75, 3.05) is 5.32 Å². The third-order valence-corrected chi connectivity index (χ3v) is 3.29. The molecule has 5 heteroatoms. The first kappa shape index (κ1) is 12.0. The first-order valence-corrected chi connectivity index (χ1v) is 6.10. The van der Waals surface area contributed by atoms with E-state index in [1.54, 1.807) is 13.0 Å². The zero-order valence-electron chi connectivity index (χ0n) is 10.6. The molecule has 0 saturated carbocycles. The third-order valence-electron chi connectivity index (χ3n) is 3.29. The highest BCUT2D eigenvalue weighted by molar-refractivity contribution is 5.88. The predicted molar refractivity (Wildman–Crippen MR) is 64.9 cm³/mol. The fourth-order valence-electron chi connectivity index (χ4n) is 2.42. The van der Waals surface area contributed by atoms with Crippen LogP contribution in [-0.4, -0.2) is 28.2 Å². The molecule has 0 radical (unpaired) electrons. The standard InChI is InChI=1S/C12H19N3O2/c1-8-5-4-6-9(2)15(8)12(16)13-11-7-10(3)17-14-11/h7-9H,4-6H2,1-3H3,(H,13,14,16). The van der Waals surface area contributed by atoms with E-state index in [1.807, 2.05) is 4.90 Å². The molecule has 94 valence electrons. The van der Waals surface area contributed by atoms with Gasteiger partial charge in [-0.15, -0.1) is 0 Å². The SMILES string of the molecule is Cc1cc(NC(=O)N2C(C)CCCC2C)no1. The molecule has 0 bridgehead atoms. The van der Waals surface area contributed by atoms with Crippen LogP contribution in [0.4, 0.5) is 10.6 Å². The molecule has 0 aliphatic carbocycles. The van der Waals surface area contributed by atoms with E-state index in [-0.39, 0.29) is 18.1 Å². The lowest BCUT2D eigenvalue weighted by atomic mass is 9.98. The minimum absolute atomic E-state index is 0.0852. The molecule has 1 aromatic rings. The minimum Gasteiger partial charge on any atom is -0.360 e. The van der Waals surface area contributed by atoms with Gasteiger partial charge in [0.15, 0.2) is 5.82 Å². The Kier molecular flexibility index (Phi) is 3.36. The number of aryl methyl sites for hydroxylation is 1. The number of anilines is 1. The van der Waals surface area contributed by atoms with Gasteiger partial charge in [0.05, 0.1) is 0 Å². The van der Waals surface area contributed by atoms with Gasteiger partial charge in [0.1, 0.15) is 5.76 Å². The maximum atomic E-state index is 12.1. The van der Waals surface area contributed by atoms with Gasteiger partial charge in [0.25, 0.3) is 0 Å². The van der Waals surface area contributed by atoms with Gasteiger partial charge in [-0.1, -0.05) is 5.16 Å². The summed E-state index contributed by atoms with van der Waals surface area (Å²) in [7, 11) is 0. The van der Waals surface area contributed by atoms with E-state index in [4.69, 9.17) is 4.52 Å². The van der Waals surface area contributed by atoms with Gasteiger partial charge in [0.2, 0.25) is 0 Å². The van der Waals surface area contributed by atoms with Crippen LogP contribution >= 0.6 is 0 Å². The number of nitrogens with one attached hydrogen (secondary N) is 1. The van der Waals surface area contributed by atoms with Crippen molar-refractivity contribution in [1.82, 2.24) is 10.1 Å². The molecule has 2 unspecified atom stereocenters. The zero-order valence-corrected chi connectivity index (χ0v) is 10.6. The van der Waals surface area contributed by atoms with Crippen molar-refractivity contribution in [2.45, 2.75) is 52.1 Å². The molecule has 17 heavy (non-hydrogen) atoms. The minimum atomic E-state index is -0.0852. The Labute approximate surface area is 101 Å². The van der Waals surface area contributed by atoms with Crippen LogP contribution in [-0.2, 0) is 0 Å². The lowest BCUT2D eigenvalue weighted by Gasteiger charge is -2.38. The van der Waals surface area contributed by atoms with Gasteiger partial charge in [-0.2, -0.15) is 0 Å². The van der Waals surface area contributed by atoms with Crippen LogP contribution < -0.4 is 5.32 Å². The van der Waals surface area contributed by atoms with Crippen molar-refractivity contribution < 1.29 is 9.32 Å². The highest BCUT2D eigenvalue weighted by Gasteiger charge is 2.29. The van der Waals surface area contributed by atoms with E-state index in [0.717, 1.165) is 12.8 Å². The lowest BCUT2D eigenvalue weighted by molar-refractivity contribution is 0.133. The molecule has 2 rings (SSSR count). The topological polar surface area (TPSA) is 58.4 Å². The molecule has 1 aliphatic rings. The number of likely N-dealkylation sites (tertiary alicyclic amines) is 1. The van der Waals surface area contributed by atoms with Crippen LogP contribution in [0.2, 0.25) is 0 Å². The molecular weight excluding hydrogens is 218 g/mol. The summed E-state index contributed by atoms with van der Waals surface area (Å²) in [6.07, 6.45) is 3.32. The van der Waals surface area contributed by atoms with E-state index in [2.05, 4.69) is 24.3 Å². The van der Waals surface area contributed by atoms with Crippen molar-refractivity contribution in [3.8, 4) is 0 Å². The largest absolute Gasteiger partial charge is 0.360 e. The first-order chi connectivity index (χ1) is 8.08. The van der Waals surface area contributed by atoms with Gasteiger partial charge in [-0.05, 0) is 40.0 Å². The number of hydrogen-bond acceptors (Lipinski definition) is 3. The number of piperidine rings is 1. The van der Waals surface area contributed by atoms with Crippen molar-refractivity contribution in [3.63, 3.8) is 0 Å². The average Bonchev–Trinajstić information content (AvgIpc) is 2.63. The molecule has 1 saturated heterocycles. The Morgan fingerprint density at radius 2 is 2.12 bits per heavy atom. The monoisotopic (exact) mass is 237 g/mol. The predicted octanol–water partition coefficient (Wildman–Crippen LogP) is 2.78. The Bertz CT molecular complexity index is 392. The number of amides is 2. The highest BCUT2D eigenvalue weighted by Crippen LogP contribution is 2.23. The molecule has 2 atom stereocenters. The number of aromatic nitrogens is 1. The smallest absolute Gasteiger partial charge is 0.323 e. The quantitative estimate of drug-likeness (QED) is 0.817. The van der Waals surface area contributed by atoms with E-state index < -0.39 is 0 Å². The lowest BCUT2D eigenvalue weighted by Crippen LogP contribution is -2.49. The Morgan fingerprint density at radius 1 is 1.47 bits per heavy atom. The number of urea groups is 1. The Hall–Kier alpha value is -1.52. The summed E-state index contributed by atoms with van der Waals surface area (Å²) in [5, 5.41) is 6.54. The van der Waals surface area contributed by atoms with E-state index in [1.165, 1.54) is 6.42 Å². The van der Waals surface area contributed by atoms with Gasteiger partial charge in [-0.3, -0.25) is 5.32 Å². The number of carbonyl (C=O) groups excluding carboxylic acids is 1. The molecule has 2 amide bonds. The van der Waals surface area contributed by atoms with E-state index >= 15 is 0 Å². The second kappa shape index (κ2) is 4.77. The maximum absolute atomic E-state index is 12.1. The first-order valence-electron chi connectivity index (χ1n) is 6.10. The zero-order chi connectivity index (χ0) is 12.4. The van der Waals surface area contributed by atoms with Crippen LogP contribution in [0.25, 0.3) is 0 Å². The summed E-state index contributed by atoms with van der Waals surface area (Å²) < 4.78 is 4.92. The summed E-state index contributed by atoms with van der Waals surface area (Å²) in [6, 6.07) is 2.20. The fourth-order valence-corrected chi connectivity index (χ4v) is 2.42. The summed E-state index contributed by atoms with van der Waals surface area (Å²) in [6.45, 7) is 5.97. The van der Waals surface area contributed by atoms with Gasteiger partial charge in [0, 0.05) is 18.2 Å². The van der Waals surface area contributed by atoms with Crippen LogP contribution in [0.15, 0.2) is 10.6 Å². The van der Waals surface area contributed by atoms with Gasteiger partial charge >= 0.3 is 6.03 Å². The van der Waals surface area contributed by atoms with Crippen LogP contribution in [0, 0.1) is 6.92 Å². The normalized spacial score (nSPS) is 24.8. The number of rotatable bonds is 1. The third kappa shape index (κ3) is 2.60. The van der Waals surface area contributed by atoms with Crippen LogP contribution in [0.1, 0.15) is 38.9 Å². The van der Waals surface area contributed by atoms with Crippen molar-refractivity contribution in [1.29, 1.82) is 0 Å². The molecule has 5 nitrogen and oxygen atoms in total. The van der Waals surface area contributed by atoms with Crippen molar-refractivity contribution in [3.05, 3.63) is 11.8 Å². The molecular formula is C12H19N3O2. The van der Waals surface area contributed by atoms with Crippen molar-refractivity contribution in [2.24, 2.45) is 0 Å². The highest BCUT2D eigenvalue weighted by atomic mass is 16.5. The molecule has 1 aliphatic heterocycles. The second-order valence-corrected chi connectivity index (χ2v) is 4.79. The molecule has 1 fully saturated rings.